The van der Waals surface area contributed by atoms with Gasteiger partial charge < -0.3 is 10.1 Å². The first-order valence-corrected chi connectivity index (χ1v) is 8.37. The molecule has 0 unspecified atom stereocenters. The van der Waals surface area contributed by atoms with Crippen LogP contribution in [0.1, 0.15) is 15.9 Å². The molecule has 0 aliphatic rings. The standard InChI is InChI=1S/C15H13IN4O4S/c1-8-5-10(16)7-17-13(8)18-15(25)19-14(21)9-3-4-12(24-2)11(6-9)20(22)23/h3-7H,1-2H3,(H2,17,18,19,21,25). The highest BCUT2D eigenvalue weighted by atomic mass is 127. The van der Waals surface area contributed by atoms with Crippen LogP contribution in [-0.2, 0) is 0 Å². The summed E-state index contributed by atoms with van der Waals surface area (Å²) in [5.74, 6) is 0.0128. The highest BCUT2D eigenvalue weighted by molar-refractivity contribution is 14.1. The number of nitrogens with zero attached hydrogens (tertiary/aromatic N) is 2. The number of aromatic nitrogens is 1. The SMILES string of the molecule is COc1ccc(C(=O)NC(=S)Nc2ncc(I)cc2C)cc1[N+](=O)[O-]. The van der Waals surface area contributed by atoms with Crippen molar-refractivity contribution in [3.05, 3.63) is 55.3 Å². The van der Waals surface area contributed by atoms with Crippen molar-refractivity contribution in [3.63, 3.8) is 0 Å². The molecule has 0 aliphatic carbocycles. The third-order valence-electron chi connectivity index (χ3n) is 3.14. The van der Waals surface area contributed by atoms with E-state index in [1.807, 2.05) is 13.0 Å². The van der Waals surface area contributed by atoms with Gasteiger partial charge in [-0.1, -0.05) is 0 Å². The molecule has 1 aromatic heterocycles. The third kappa shape index (κ3) is 4.82. The highest BCUT2D eigenvalue weighted by Gasteiger charge is 2.18. The average molecular weight is 472 g/mol. The molecule has 0 spiro atoms. The summed E-state index contributed by atoms with van der Waals surface area (Å²) in [4.78, 5) is 26.8. The Kier molecular flexibility index (Phi) is 6.20. The van der Waals surface area contributed by atoms with Gasteiger partial charge in [-0.15, -0.1) is 0 Å². The van der Waals surface area contributed by atoms with Crippen LogP contribution in [0.4, 0.5) is 11.5 Å². The fourth-order valence-electron chi connectivity index (χ4n) is 1.96. The number of nitrogens with one attached hydrogen (secondary N) is 2. The van der Waals surface area contributed by atoms with Gasteiger partial charge in [-0.2, -0.15) is 0 Å². The maximum absolute atomic E-state index is 12.2. The second kappa shape index (κ2) is 8.16. The van der Waals surface area contributed by atoms with Gasteiger partial charge >= 0.3 is 5.69 Å². The number of anilines is 1. The zero-order chi connectivity index (χ0) is 18.6. The molecule has 2 N–H and O–H groups in total. The van der Waals surface area contributed by atoms with Crippen molar-refractivity contribution in [2.24, 2.45) is 0 Å². The van der Waals surface area contributed by atoms with Crippen LogP contribution >= 0.6 is 34.8 Å². The number of hydrogen-bond acceptors (Lipinski definition) is 6. The van der Waals surface area contributed by atoms with Gasteiger partial charge in [0.25, 0.3) is 5.91 Å². The molecule has 10 heteroatoms. The Labute approximate surface area is 162 Å². The van der Waals surface area contributed by atoms with Crippen LogP contribution in [0.2, 0.25) is 0 Å². The number of nitro benzene ring substituents is 1. The summed E-state index contributed by atoms with van der Waals surface area (Å²) in [5, 5.41) is 16.4. The van der Waals surface area contributed by atoms with Gasteiger partial charge in [0.05, 0.1) is 12.0 Å². The number of halogens is 1. The lowest BCUT2D eigenvalue weighted by atomic mass is 10.2. The number of carbonyl (C=O) groups excluding carboxylic acids is 1. The Morgan fingerprint density at radius 2 is 2.12 bits per heavy atom. The van der Waals surface area contributed by atoms with E-state index in [2.05, 4.69) is 38.2 Å². The minimum Gasteiger partial charge on any atom is -0.490 e. The number of aryl methyl sites for hydroxylation is 1. The molecule has 8 nitrogen and oxygen atoms in total. The van der Waals surface area contributed by atoms with Gasteiger partial charge in [-0.25, -0.2) is 4.98 Å². The van der Waals surface area contributed by atoms with Crippen molar-refractivity contribution in [2.75, 3.05) is 12.4 Å². The number of thiocarbonyl (C=S) groups is 1. The zero-order valence-electron chi connectivity index (χ0n) is 13.2. The fraction of sp³-hybridized carbons (Fsp3) is 0.133. The lowest BCUT2D eigenvalue weighted by molar-refractivity contribution is -0.385. The van der Waals surface area contributed by atoms with E-state index in [0.29, 0.717) is 5.82 Å². The van der Waals surface area contributed by atoms with Crippen molar-refractivity contribution in [2.45, 2.75) is 6.92 Å². The number of amides is 1. The molecule has 2 aromatic rings. The molecule has 0 bridgehead atoms. The third-order valence-corrected chi connectivity index (χ3v) is 3.94. The van der Waals surface area contributed by atoms with E-state index in [1.54, 1.807) is 6.20 Å². The van der Waals surface area contributed by atoms with Crippen LogP contribution in [0.15, 0.2) is 30.5 Å². The van der Waals surface area contributed by atoms with Crippen LogP contribution in [-0.4, -0.2) is 28.0 Å². The number of ether oxygens (including phenoxy) is 1. The lowest BCUT2D eigenvalue weighted by Gasteiger charge is -2.11. The first-order valence-electron chi connectivity index (χ1n) is 6.88. The number of rotatable bonds is 4. The Morgan fingerprint density at radius 3 is 2.72 bits per heavy atom. The normalized spacial score (nSPS) is 10.0. The fourth-order valence-corrected chi connectivity index (χ4v) is 2.76. The van der Waals surface area contributed by atoms with Crippen LogP contribution in [0.5, 0.6) is 5.75 Å². The number of pyridine rings is 1. The Morgan fingerprint density at radius 1 is 1.40 bits per heavy atom. The van der Waals surface area contributed by atoms with Gasteiger partial charge in [0.2, 0.25) is 0 Å². The Hall–Kier alpha value is -2.34. The summed E-state index contributed by atoms with van der Waals surface area (Å²) in [6.45, 7) is 1.86. The molecule has 25 heavy (non-hydrogen) atoms. The van der Waals surface area contributed by atoms with Gasteiger partial charge in [-0.05, 0) is 65.5 Å². The molecule has 0 atom stereocenters. The van der Waals surface area contributed by atoms with Crippen molar-refractivity contribution in [1.29, 1.82) is 0 Å². The lowest BCUT2D eigenvalue weighted by Crippen LogP contribution is -2.34. The quantitative estimate of drug-likeness (QED) is 0.305. The predicted molar refractivity (Wildman–Crippen MR) is 105 cm³/mol. The monoisotopic (exact) mass is 472 g/mol. The molecule has 1 amide bonds. The summed E-state index contributed by atoms with van der Waals surface area (Å²) in [7, 11) is 1.32. The van der Waals surface area contributed by atoms with E-state index in [0.717, 1.165) is 15.2 Å². The zero-order valence-corrected chi connectivity index (χ0v) is 16.2. The van der Waals surface area contributed by atoms with Gasteiger partial charge in [0.15, 0.2) is 10.9 Å². The van der Waals surface area contributed by atoms with Crippen LogP contribution in [0, 0.1) is 20.6 Å². The molecule has 130 valence electrons. The molecule has 1 aromatic carbocycles. The summed E-state index contributed by atoms with van der Waals surface area (Å²) in [5.41, 5.74) is 0.650. The van der Waals surface area contributed by atoms with Gasteiger partial charge in [-0.3, -0.25) is 20.2 Å². The summed E-state index contributed by atoms with van der Waals surface area (Å²) >= 11 is 7.23. The van der Waals surface area contributed by atoms with E-state index in [1.165, 1.54) is 19.2 Å². The second-order valence-electron chi connectivity index (χ2n) is 4.87. The molecule has 2 rings (SSSR count). The number of nitro groups is 1. The van der Waals surface area contributed by atoms with Crippen LogP contribution in [0.3, 0.4) is 0 Å². The molecule has 0 aliphatic heterocycles. The van der Waals surface area contributed by atoms with E-state index in [9.17, 15) is 14.9 Å². The van der Waals surface area contributed by atoms with E-state index >= 15 is 0 Å². The number of carbonyl (C=O) groups is 1. The van der Waals surface area contributed by atoms with Crippen molar-refractivity contribution in [3.8, 4) is 5.75 Å². The maximum Gasteiger partial charge on any atom is 0.311 e. The van der Waals surface area contributed by atoms with Crippen LogP contribution in [0.25, 0.3) is 0 Å². The van der Waals surface area contributed by atoms with Crippen molar-refractivity contribution in [1.82, 2.24) is 10.3 Å². The molecule has 0 saturated heterocycles. The Balaban J connectivity index is 2.12. The van der Waals surface area contributed by atoms with Gasteiger partial charge in [0, 0.05) is 21.4 Å². The van der Waals surface area contributed by atoms with E-state index in [4.69, 9.17) is 17.0 Å². The summed E-state index contributed by atoms with van der Waals surface area (Å²) < 4.78 is 5.88. The topological polar surface area (TPSA) is 106 Å². The average Bonchev–Trinajstić information content (AvgIpc) is 2.56. The molecular formula is C15H13IN4O4S. The Bertz CT molecular complexity index is 859. The number of benzene rings is 1. The largest absolute Gasteiger partial charge is 0.490 e. The number of hydrogen-bond donors (Lipinski definition) is 2. The minimum absolute atomic E-state index is 0.0419. The molecule has 0 fully saturated rings. The molecule has 1 heterocycles. The number of methoxy groups -OCH3 is 1. The van der Waals surface area contributed by atoms with Crippen molar-refractivity contribution >= 4 is 57.3 Å². The summed E-state index contributed by atoms with van der Waals surface area (Å²) in [6.07, 6.45) is 1.66. The molecule has 0 radical (unpaired) electrons. The maximum atomic E-state index is 12.2. The summed E-state index contributed by atoms with van der Waals surface area (Å²) in [6, 6.07) is 5.81. The van der Waals surface area contributed by atoms with E-state index < -0.39 is 10.8 Å². The molecule has 0 saturated carbocycles. The first-order chi connectivity index (χ1) is 11.8. The second-order valence-corrected chi connectivity index (χ2v) is 6.52. The first kappa shape index (κ1) is 19.0. The minimum atomic E-state index is -0.620. The van der Waals surface area contributed by atoms with Crippen molar-refractivity contribution < 1.29 is 14.5 Å². The van der Waals surface area contributed by atoms with Gasteiger partial charge in [0.1, 0.15) is 5.82 Å². The predicted octanol–water partition coefficient (Wildman–Crippen LogP) is 3.04. The smallest absolute Gasteiger partial charge is 0.311 e. The molecular weight excluding hydrogens is 459 g/mol. The van der Waals surface area contributed by atoms with E-state index in [-0.39, 0.29) is 22.1 Å². The van der Waals surface area contributed by atoms with Crippen LogP contribution < -0.4 is 15.4 Å². The highest BCUT2D eigenvalue weighted by Crippen LogP contribution is 2.27.